The Hall–Kier alpha value is -2.69. The molecular formula is C15H20NO10. The molecule has 0 saturated carbocycles. The largest absolute Gasteiger partial charge is 0.463 e. The fourth-order valence-corrected chi connectivity index (χ4v) is 2.44. The average Bonchev–Trinajstić information content (AvgIpc) is 2.50. The van der Waals surface area contributed by atoms with Gasteiger partial charge in [-0.2, -0.15) is 0 Å². The van der Waals surface area contributed by atoms with Gasteiger partial charge in [-0.05, 0) is 0 Å². The smallest absolute Gasteiger partial charge is 0.419 e. The first-order valence-corrected chi connectivity index (χ1v) is 7.58. The van der Waals surface area contributed by atoms with Crippen molar-refractivity contribution >= 4 is 30.3 Å². The van der Waals surface area contributed by atoms with Crippen molar-refractivity contribution < 1.29 is 47.7 Å². The first kappa shape index (κ1) is 21.4. The van der Waals surface area contributed by atoms with Crippen molar-refractivity contribution in [3.05, 3.63) is 0 Å². The van der Waals surface area contributed by atoms with E-state index in [1.54, 1.807) is 0 Å². The van der Waals surface area contributed by atoms with Gasteiger partial charge in [-0.15, -0.1) is 0 Å². The van der Waals surface area contributed by atoms with E-state index in [0.717, 1.165) is 20.8 Å². The number of rotatable bonds is 7. The van der Waals surface area contributed by atoms with Crippen molar-refractivity contribution in [2.45, 2.75) is 58.3 Å². The first-order valence-electron chi connectivity index (χ1n) is 7.58. The van der Waals surface area contributed by atoms with Gasteiger partial charge in [0.2, 0.25) is 12.2 Å². The van der Waals surface area contributed by atoms with E-state index < -0.39 is 54.5 Å². The highest BCUT2D eigenvalue weighted by Crippen LogP contribution is 2.27. The lowest BCUT2D eigenvalue weighted by atomic mass is 9.96. The van der Waals surface area contributed by atoms with Gasteiger partial charge < -0.3 is 29.0 Å². The van der Waals surface area contributed by atoms with E-state index in [0.29, 0.717) is 0 Å². The minimum Gasteiger partial charge on any atom is -0.463 e. The summed E-state index contributed by atoms with van der Waals surface area (Å²) >= 11 is 0. The molecule has 11 heteroatoms. The molecule has 0 aliphatic carbocycles. The van der Waals surface area contributed by atoms with Crippen molar-refractivity contribution in [2.75, 3.05) is 6.61 Å². The van der Waals surface area contributed by atoms with Crippen LogP contribution in [0.3, 0.4) is 0 Å². The average molecular weight is 374 g/mol. The van der Waals surface area contributed by atoms with Gasteiger partial charge in [0.25, 0.3) is 0 Å². The lowest BCUT2D eigenvalue weighted by Gasteiger charge is -2.43. The maximum Gasteiger partial charge on any atom is 0.419 e. The zero-order chi connectivity index (χ0) is 19.9. The maximum absolute atomic E-state index is 11.5. The van der Waals surface area contributed by atoms with Crippen LogP contribution < -0.4 is 5.32 Å². The number of esters is 3. The Kier molecular flexibility index (Phi) is 7.97. The maximum atomic E-state index is 11.5. The Bertz CT molecular complexity index is 563. The summed E-state index contributed by atoms with van der Waals surface area (Å²) in [5.41, 5.74) is 0. The molecule has 26 heavy (non-hydrogen) atoms. The number of hydrogen-bond donors (Lipinski definition) is 1. The van der Waals surface area contributed by atoms with Gasteiger partial charge in [0, 0.05) is 27.7 Å². The van der Waals surface area contributed by atoms with Crippen LogP contribution in [0.1, 0.15) is 27.7 Å². The van der Waals surface area contributed by atoms with Crippen molar-refractivity contribution in [3.63, 3.8) is 0 Å². The van der Waals surface area contributed by atoms with Gasteiger partial charge in [0.05, 0.1) is 0 Å². The fraction of sp³-hybridized carbons (Fsp3) is 0.667. The molecule has 1 radical (unpaired) electrons. The van der Waals surface area contributed by atoms with E-state index >= 15 is 0 Å². The molecule has 1 amide bonds. The molecule has 11 nitrogen and oxygen atoms in total. The molecule has 0 aromatic heterocycles. The number of nitrogens with one attached hydrogen (secondary N) is 1. The molecule has 0 bridgehead atoms. The summed E-state index contributed by atoms with van der Waals surface area (Å²) in [5.74, 6) is -2.66. The summed E-state index contributed by atoms with van der Waals surface area (Å²) in [7, 11) is 0. The van der Waals surface area contributed by atoms with Gasteiger partial charge in [-0.25, -0.2) is 4.79 Å². The summed E-state index contributed by atoms with van der Waals surface area (Å²) in [6.45, 7) is 5.35. The summed E-state index contributed by atoms with van der Waals surface area (Å²) in [6.07, 6.45) is -5.06. The second-order valence-electron chi connectivity index (χ2n) is 5.42. The number of carbonyl (C=O) groups excluding carboxylic acids is 5. The third-order valence-corrected chi connectivity index (χ3v) is 3.24. The van der Waals surface area contributed by atoms with Crippen LogP contribution in [0.2, 0.25) is 0 Å². The monoisotopic (exact) mass is 374 g/mol. The Balaban J connectivity index is 3.24. The Labute approximate surface area is 149 Å². The second-order valence-corrected chi connectivity index (χ2v) is 5.42. The van der Waals surface area contributed by atoms with Gasteiger partial charge in [-0.1, -0.05) is 0 Å². The Morgan fingerprint density at radius 1 is 0.962 bits per heavy atom. The molecule has 1 aliphatic rings. The van der Waals surface area contributed by atoms with E-state index in [4.69, 9.17) is 18.9 Å². The lowest BCUT2D eigenvalue weighted by Crippen LogP contribution is -2.66. The highest BCUT2D eigenvalue weighted by Gasteiger charge is 2.51. The van der Waals surface area contributed by atoms with Gasteiger partial charge in [-0.3, -0.25) is 19.2 Å². The van der Waals surface area contributed by atoms with Crippen LogP contribution in [-0.2, 0) is 47.7 Å². The van der Waals surface area contributed by atoms with Crippen LogP contribution in [0.5, 0.6) is 0 Å². The molecule has 145 valence electrons. The predicted molar refractivity (Wildman–Crippen MR) is 80.8 cm³/mol. The van der Waals surface area contributed by atoms with Crippen LogP contribution in [0, 0.1) is 0 Å². The molecule has 0 aromatic rings. The summed E-state index contributed by atoms with van der Waals surface area (Å²) in [4.78, 5) is 56.1. The van der Waals surface area contributed by atoms with Crippen molar-refractivity contribution in [2.24, 2.45) is 0 Å². The summed E-state index contributed by atoms with van der Waals surface area (Å²) < 4.78 is 25.3. The zero-order valence-corrected chi connectivity index (χ0v) is 14.7. The van der Waals surface area contributed by atoms with Crippen molar-refractivity contribution in [3.8, 4) is 0 Å². The minimum atomic E-state index is -1.42. The molecule has 1 rings (SSSR count). The number of hydrogen-bond acceptors (Lipinski definition) is 10. The van der Waals surface area contributed by atoms with Gasteiger partial charge >= 0.3 is 24.4 Å². The first-order chi connectivity index (χ1) is 12.1. The fourth-order valence-electron chi connectivity index (χ4n) is 2.44. The van der Waals surface area contributed by atoms with Crippen LogP contribution in [-0.4, -0.2) is 67.5 Å². The molecule has 0 aromatic carbocycles. The zero-order valence-electron chi connectivity index (χ0n) is 14.7. The van der Waals surface area contributed by atoms with E-state index in [9.17, 15) is 24.0 Å². The quantitative estimate of drug-likeness (QED) is 0.423. The summed E-state index contributed by atoms with van der Waals surface area (Å²) in [5, 5.41) is 2.42. The van der Waals surface area contributed by atoms with Gasteiger partial charge in [0.15, 0.2) is 12.2 Å². The molecule has 1 saturated heterocycles. The Morgan fingerprint density at radius 3 is 2.00 bits per heavy atom. The highest BCUT2D eigenvalue weighted by atomic mass is 16.7. The standard InChI is InChI=1S/C15H20NO10/c1-7(18)16-12-14(25-10(4)21)13(24-9(3)20)11(5-22-8(2)19)26-15(12)23-6-17/h11-15H,5H2,1-4H3,(H,16,18)/t11-,12-,13-,14-,15?/m1/s1. The molecule has 1 fully saturated rings. The van der Waals surface area contributed by atoms with Crippen LogP contribution in [0.4, 0.5) is 0 Å². The molecule has 1 aliphatic heterocycles. The predicted octanol–water partition coefficient (Wildman–Crippen LogP) is -1.27. The Morgan fingerprint density at radius 2 is 1.54 bits per heavy atom. The molecular weight excluding hydrogens is 354 g/mol. The third-order valence-electron chi connectivity index (χ3n) is 3.24. The van der Waals surface area contributed by atoms with Gasteiger partial charge in [0.1, 0.15) is 18.8 Å². The van der Waals surface area contributed by atoms with Crippen LogP contribution in [0.15, 0.2) is 0 Å². The van der Waals surface area contributed by atoms with Crippen molar-refractivity contribution in [1.29, 1.82) is 0 Å². The lowest BCUT2D eigenvalue weighted by molar-refractivity contribution is -0.260. The highest BCUT2D eigenvalue weighted by molar-refractivity contribution is 5.73. The van der Waals surface area contributed by atoms with Crippen LogP contribution >= 0.6 is 0 Å². The molecule has 0 spiro atoms. The normalized spacial score (nSPS) is 27.6. The van der Waals surface area contributed by atoms with Crippen molar-refractivity contribution in [1.82, 2.24) is 5.32 Å². The van der Waals surface area contributed by atoms with E-state index in [1.807, 2.05) is 0 Å². The number of ether oxygens (including phenoxy) is 5. The SMILES string of the molecule is CC(=O)N[C@H]1C(O[C]=O)O[C@H](COC(C)=O)[C@@H](OC(C)=O)[C@@H]1OC(C)=O. The topological polar surface area (TPSA) is 144 Å². The van der Waals surface area contributed by atoms with Crippen LogP contribution in [0.25, 0.3) is 0 Å². The molecule has 1 heterocycles. The number of carbonyl (C=O) groups is 4. The van der Waals surface area contributed by atoms with E-state index in [2.05, 4.69) is 10.1 Å². The molecule has 5 atom stereocenters. The summed E-state index contributed by atoms with van der Waals surface area (Å²) in [6, 6.07) is -1.18. The molecule has 1 unspecified atom stereocenters. The molecule has 1 N–H and O–H groups in total. The minimum absolute atomic E-state index is 0.378. The third kappa shape index (κ3) is 6.31. The second kappa shape index (κ2) is 9.70. The number of amides is 1. The van der Waals surface area contributed by atoms with E-state index in [1.165, 1.54) is 13.4 Å². The van der Waals surface area contributed by atoms with E-state index in [-0.39, 0.29) is 6.61 Å².